The highest BCUT2D eigenvalue weighted by molar-refractivity contribution is 7.89. The fraction of sp³-hybridized carbons (Fsp3) is 0.350. The number of nitro benzene ring substituents is 1. The Balaban J connectivity index is 1.85. The van der Waals surface area contributed by atoms with Gasteiger partial charge in [0.05, 0.1) is 23.0 Å². The molecule has 0 aliphatic carbocycles. The van der Waals surface area contributed by atoms with Gasteiger partial charge >= 0.3 is 5.69 Å². The van der Waals surface area contributed by atoms with Crippen LogP contribution in [-0.4, -0.2) is 55.8 Å². The van der Waals surface area contributed by atoms with Gasteiger partial charge in [-0.05, 0) is 26.0 Å². The predicted octanol–water partition coefficient (Wildman–Crippen LogP) is 2.57. The Morgan fingerprint density at radius 1 is 1.17 bits per heavy atom. The van der Waals surface area contributed by atoms with Crippen molar-refractivity contribution in [3.63, 3.8) is 0 Å². The van der Waals surface area contributed by atoms with Gasteiger partial charge in [-0.15, -0.1) is 0 Å². The zero-order chi connectivity index (χ0) is 21.9. The first-order valence-electron chi connectivity index (χ1n) is 9.34. The van der Waals surface area contributed by atoms with Crippen LogP contribution in [0.4, 0.5) is 5.69 Å². The summed E-state index contributed by atoms with van der Waals surface area (Å²) in [5.74, 6) is -0.511. The van der Waals surface area contributed by atoms with Gasteiger partial charge in [-0.3, -0.25) is 14.9 Å². The molecule has 1 fully saturated rings. The van der Waals surface area contributed by atoms with E-state index in [9.17, 15) is 23.3 Å². The van der Waals surface area contributed by atoms with Crippen LogP contribution in [0.2, 0.25) is 0 Å². The fourth-order valence-electron chi connectivity index (χ4n) is 3.03. The summed E-state index contributed by atoms with van der Waals surface area (Å²) in [6, 6.07) is 10.3. The number of aryl methyl sites for hydroxylation is 1. The van der Waals surface area contributed by atoms with E-state index in [1.807, 2.05) is 6.92 Å². The molecule has 0 radical (unpaired) electrons. The Morgan fingerprint density at radius 3 is 2.40 bits per heavy atom. The van der Waals surface area contributed by atoms with E-state index in [0.29, 0.717) is 5.56 Å². The monoisotopic (exact) mass is 434 g/mol. The standard InChI is InChI=1S/C20H22N2O7S/c1-14-3-5-16(6-4-14)20(23)15(2)29-19-8-7-17(13-18(19)22(24)25)30(26,27)21-9-11-28-12-10-21/h3-8,13,15H,9-12H2,1-2H3. The number of Topliss-reactive ketones (excluding diaryl/α,β-unsaturated/α-hetero) is 1. The van der Waals surface area contributed by atoms with Crippen molar-refractivity contribution >= 4 is 21.5 Å². The molecular formula is C20H22N2O7S. The number of sulfonamides is 1. The number of ketones is 1. The number of morpholine rings is 1. The molecule has 1 atom stereocenters. The topological polar surface area (TPSA) is 116 Å². The van der Waals surface area contributed by atoms with E-state index in [0.717, 1.165) is 11.6 Å². The molecule has 3 rings (SSSR count). The Hall–Kier alpha value is -2.82. The number of benzene rings is 2. The Morgan fingerprint density at radius 2 is 1.80 bits per heavy atom. The van der Waals surface area contributed by atoms with E-state index in [1.54, 1.807) is 24.3 Å². The summed E-state index contributed by atoms with van der Waals surface area (Å²) in [6.45, 7) is 4.27. The summed E-state index contributed by atoms with van der Waals surface area (Å²) in [6.07, 6.45) is -0.992. The third kappa shape index (κ3) is 4.66. The molecule has 9 nitrogen and oxygen atoms in total. The fourth-order valence-corrected chi connectivity index (χ4v) is 4.46. The minimum atomic E-state index is -3.90. The van der Waals surface area contributed by atoms with Gasteiger partial charge in [0, 0.05) is 24.7 Å². The van der Waals surface area contributed by atoms with Crippen molar-refractivity contribution in [2.75, 3.05) is 26.3 Å². The van der Waals surface area contributed by atoms with Crippen LogP contribution in [0.1, 0.15) is 22.8 Å². The van der Waals surface area contributed by atoms with E-state index >= 15 is 0 Å². The first-order chi connectivity index (χ1) is 14.2. The lowest BCUT2D eigenvalue weighted by Gasteiger charge is -2.26. The minimum absolute atomic E-state index is 0.172. The molecule has 0 bridgehead atoms. The lowest BCUT2D eigenvalue weighted by atomic mass is 10.1. The summed E-state index contributed by atoms with van der Waals surface area (Å²) in [4.78, 5) is 23.2. The second-order valence-electron chi connectivity index (χ2n) is 6.89. The van der Waals surface area contributed by atoms with Crippen molar-refractivity contribution in [1.82, 2.24) is 4.31 Å². The normalized spacial score (nSPS) is 16.1. The molecule has 0 N–H and O–H groups in total. The van der Waals surface area contributed by atoms with Gasteiger partial charge in [-0.1, -0.05) is 29.8 Å². The second kappa shape index (κ2) is 8.90. The molecule has 1 aliphatic rings. The van der Waals surface area contributed by atoms with Crippen molar-refractivity contribution in [3.8, 4) is 5.75 Å². The Labute approximate surface area is 174 Å². The number of hydrogen-bond acceptors (Lipinski definition) is 7. The highest BCUT2D eigenvalue weighted by atomic mass is 32.2. The van der Waals surface area contributed by atoms with Gasteiger partial charge in [-0.25, -0.2) is 8.42 Å². The number of ether oxygens (including phenoxy) is 2. The molecule has 0 aromatic heterocycles. The van der Waals surface area contributed by atoms with Crippen molar-refractivity contribution in [3.05, 3.63) is 63.7 Å². The van der Waals surface area contributed by atoms with E-state index in [1.165, 1.54) is 23.4 Å². The van der Waals surface area contributed by atoms with Crippen molar-refractivity contribution in [1.29, 1.82) is 0 Å². The van der Waals surface area contributed by atoms with Gasteiger partial charge < -0.3 is 9.47 Å². The summed E-state index contributed by atoms with van der Waals surface area (Å²) < 4.78 is 37.5. The molecule has 0 amide bonds. The van der Waals surface area contributed by atoms with Crippen LogP contribution in [0.15, 0.2) is 47.4 Å². The molecule has 0 spiro atoms. The molecule has 30 heavy (non-hydrogen) atoms. The van der Waals surface area contributed by atoms with Crippen LogP contribution in [0.25, 0.3) is 0 Å². The van der Waals surface area contributed by atoms with Crippen LogP contribution in [0.3, 0.4) is 0 Å². The summed E-state index contributed by atoms with van der Waals surface area (Å²) >= 11 is 0. The lowest BCUT2D eigenvalue weighted by Crippen LogP contribution is -2.40. The maximum atomic E-state index is 12.8. The average Bonchev–Trinajstić information content (AvgIpc) is 2.74. The van der Waals surface area contributed by atoms with Gasteiger partial charge in [0.25, 0.3) is 0 Å². The molecule has 1 aliphatic heterocycles. The van der Waals surface area contributed by atoms with Crippen LogP contribution in [-0.2, 0) is 14.8 Å². The average molecular weight is 434 g/mol. The molecular weight excluding hydrogens is 412 g/mol. The smallest absolute Gasteiger partial charge is 0.312 e. The maximum Gasteiger partial charge on any atom is 0.312 e. The van der Waals surface area contributed by atoms with Gasteiger partial charge in [0.2, 0.25) is 15.8 Å². The zero-order valence-electron chi connectivity index (χ0n) is 16.6. The van der Waals surface area contributed by atoms with E-state index in [4.69, 9.17) is 9.47 Å². The molecule has 2 aromatic carbocycles. The molecule has 10 heteroatoms. The number of nitrogens with zero attached hydrogens (tertiary/aromatic N) is 2. The number of hydrogen-bond donors (Lipinski definition) is 0. The Bertz CT molecular complexity index is 1050. The SMILES string of the molecule is Cc1ccc(C(=O)C(C)Oc2ccc(S(=O)(=O)N3CCOCC3)cc2[N+](=O)[O-])cc1. The summed E-state index contributed by atoms with van der Waals surface area (Å²) in [5.41, 5.74) is 0.892. The van der Waals surface area contributed by atoms with Crippen molar-refractivity contribution < 1.29 is 27.6 Å². The number of nitro groups is 1. The molecule has 1 heterocycles. The largest absolute Gasteiger partial charge is 0.475 e. The second-order valence-corrected chi connectivity index (χ2v) is 8.83. The van der Waals surface area contributed by atoms with Crippen molar-refractivity contribution in [2.45, 2.75) is 24.8 Å². The van der Waals surface area contributed by atoms with E-state index in [2.05, 4.69) is 0 Å². The minimum Gasteiger partial charge on any atom is -0.475 e. The summed E-state index contributed by atoms with van der Waals surface area (Å²) in [5, 5.41) is 11.5. The van der Waals surface area contributed by atoms with Crippen molar-refractivity contribution in [2.24, 2.45) is 0 Å². The van der Waals surface area contributed by atoms with Crippen LogP contribution >= 0.6 is 0 Å². The van der Waals surface area contributed by atoms with Gasteiger partial charge in [-0.2, -0.15) is 4.31 Å². The zero-order valence-corrected chi connectivity index (χ0v) is 17.4. The Kier molecular flexibility index (Phi) is 6.49. The molecule has 1 saturated heterocycles. The first-order valence-corrected chi connectivity index (χ1v) is 10.8. The molecule has 2 aromatic rings. The highest BCUT2D eigenvalue weighted by Crippen LogP contribution is 2.32. The van der Waals surface area contributed by atoms with E-state index in [-0.39, 0.29) is 42.7 Å². The number of rotatable bonds is 7. The molecule has 160 valence electrons. The van der Waals surface area contributed by atoms with Crippen LogP contribution in [0, 0.1) is 17.0 Å². The number of carbonyl (C=O) groups excluding carboxylic acids is 1. The predicted molar refractivity (Wildman–Crippen MR) is 108 cm³/mol. The van der Waals surface area contributed by atoms with Gasteiger partial charge in [0.1, 0.15) is 0 Å². The number of carbonyl (C=O) groups is 1. The third-order valence-corrected chi connectivity index (χ3v) is 6.64. The maximum absolute atomic E-state index is 12.8. The summed E-state index contributed by atoms with van der Waals surface area (Å²) in [7, 11) is -3.90. The van der Waals surface area contributed by atoms with Crippen LogP contribution in [0.5, 0.6) is 5.75 Å². The lowest BCUT2D eigenvalue weighted by molar-refractivity contribution is -0.386. The quantitative estimate of drug-likeness (QED) is 0.373. The van der Waals surface area contributed by atoms with Crippen LogP contribution < -0.4 is 4.74 Å². The van der Waals surface area contributed by atoms with Gasteiger partial charge in [0.15, 0.2) is 11.9 Å². The highest BCUT2D eigenvalue weighted by Gasteiger charge is 2.30. The van der Waals surface area contributed by atoms with E-state index < -0.39 is 26.7 Å². The first kappa shape index (κ1) is 21.9. The third-order valence-electron chi connectivity index (χ3n) is 4.74. The molecule has 0 saturated carbocycles. The molecule has 1 unspecified atom stereocenters.